The van der Waals surface area contributed by atoms with Gasteiger partial charge in [0, 0.05) is 23.3 Å². The summed E-state index contributed by atoms with van der Waals surface area (Å²) in [4.78, 5) is 22.4. The molecule has 2 rings (SSSR count). The maximum absolute atomic E-state index is 12.2. The van der Waals surface area contributed by atoms with Gasteiger partial charge in [0.25, 0.3) is 5.69 Å². The zero-order valence-electron chi connectivity index (χ0n) is 9.79. The highest BCUT2D eigenvalue weighted by Gasteiger charge is 2.14. The van der Waals surface area contributed by atoms with Crippen LogP contribution in [0.5, 0.6) is 0 Å². The highest BCUT2D eigenvalue weighted by atomic mass is 16.6. The van der Waals surface area contributed by atoms with Gasteiger partial charge in [-0.15, -0.1) is 0 Å². The van der Waals surface area contributed by atoms with Crippen LogP contribution in [0.1, 0.15) is 21.5 Å². The molecule has 0 aliphatic rings. The number of hydrogen-bond donors (Lipinski definition) is 0. The lowest BCUT2D eigenvalue weighted by atomic mass is 10.0. The smallest absolute Gasteiger partial charge is 0.270 e. The molecule has 4 heteroatoms. The standard InChI is InChI=1S/C14H11NO3/c1-10-7-12(9-13(8-10)15(17)18)14(16)11-5-3-2-4-6-11/h2-9H,1H3. The lowest BCUT2D eigenvalue weighted by Crippen LogP contribution is -2.02. The van der Waals surface area contributed by atoms with Crippen molar-refractivity contribution in [2.45, 2.75) is 6.92 Å². The van der Waals surface area contributed by atoms with Crippen LogP contribution < -0.4 is 0 Å². The van der Waals surface area contributed by atoms with E-state index in [1.54, 1.807) is 37.3 Å². The fraction of sp³-hybridized carbons (Fsp3) is 0.0714. The summed E-state index contributed by atoms with van der Waals surface area (Å²) in [5.74, 6) is -0.206. The Hall–Kier alpha value is -2.49. The van der Waals surface area contributed by atoms with Crippen molar-refractivity contribution in [3.63, 3.8) is 0 Å². The van der Waals surface area contributed by atoms with E-state index < -0.39 is 4.92 Å². The van der Waals surface area contributed by atoms with Crippen LogP contribution in [-0.2, 0) is 0 Å². The van der Waals surface area contributed by atoms with Gasteiger partial charge in [-0.3, -0.25) is 14.9 Å². The maximum Gasteiger partial charge on any atom is 0.270 e. The third-order valence-corrected chi connectivity index (χ3v) is 2.57. The van der Waals surface area contributed by atoms with Crippen molar-refractivity contribution in [2.24, 2.45) is 0 Å². The molecule has 0 heterocycles. The van der Waals surface area contributed by atoms with Crippen molar-refractivity contribution >= 4 is 11.5 Å². The molecular formula is C14H11NO3. The van der Waals surface area contributed by atoms with Gasteiger partial charge in [-0.2, -0.15) is 0 Å². The number of nitro benzene ring substituents is 1. The van der Waals surface area contributed by atoms with Crippen LogP contribution >= 0.6 is 0 Å². The summed E-state index contributed by atoms with van der Waals surface area (Å²) in [5, 5.41) is 10.8. The maximum atomic E-state index is 12.2. The average molecular weight is 241 g/mol. The quantitative estimate of drug-likeness (QED) is 0.471. The van der Waals surface area contributed by atoms with Crippen LogP contribution in [0.25, 0.3) is 0 Å². The lowest BCUT2D eigenvalue weighted by Gasteiger charge is -2.02. The Balaban J connectivity index is 2.46. The first-order valence-electron chi connectivity index (χ1n) is 5.44. The van der Waals surface area contributed by atoms with Crippen LogP contribution in [0.2, 0.25) is 0 Å². The fourth-order valence-electron chi connectivity index (χ4n) is 1.76. The summed E-state index contributed by atoms with van der Waals surface area (Å²) in [6, 6.07) is 13.1. The second kappa shape index (κ2) is 4.79. The first kappa shape index (κ1) is 12.0. The van der Waals surface area contributed by atoms with Gasteiger partial charge in [-0.05, 0) is 18.6 Å². The Morgan fingerprint density at radius 1 is 1.06 bits per heavy atom. The van der Waals surface area contributed by atoms with E-state index >= 15 is 0 Å². The molecule has 0 aliphatic carbocycles. The van der Waals surface area contributed by atoms with Gasteiger partial charge in [0.15, 0.2) is 5.78 Å². The summed E-state index contributed by atoms with van der Waals surface area (Å²) < 4.78 is 0. The first-order chi connectivity index (χ1) is 8.58. The largest absolute Gasteiger partial charge is 0.289 e. The number of ketones is 1. The Labute approximate surface area is 104 Å². The van der Waals surface area contributed by atoms with Gasteiger partial charge < -0.3 is 0 Å². The minimum atomic E-state index is -0.491. The fourth-order valence-corrected chi connectivity index (χ4v) is 1.76. The van der Waals surface area contributed by atoms with Gasteiger partial charge in [0.05, 0.1) is 4.92 Å². The molecule has 0 spiro atoms. The molecular weight excluding hydrogens is 230 g/mol. The van der Waals surface area contributed by atoms with Crippen LogP contribution in [0, 0.1) is 17.0 Å². The minimum absolute atomic E-state index is 0.0609. The number of rotatable bonds is 3. The second-order valence-corrected chi connectivity index (χ2v) is 4.01. The number of hydrogen-bond acceptors (Lipinski definition) is 3. The van der Waals surface area contributed by atoms with Gasteiger partial charge in [-0.1, -0.05) is 30.3 Å². The molecule has 90 valence electrons. The van der Waals surface area contributed by atoms with E-state index in [-0.39, 0.29) is 11.5 Å². The van der Waals surface area contributed by atoms with E-state index in [9.17, 15) is 14.9 Å². The molecule has 2 aromatic carbocycles. The highest BCUT2D eigenvalue weighted by Crippen LogP contribution is 2.19. The second-order valence-electron chi connectivity index (χ2n) is 4.01. The third kappa shape index (κ3) is 2.43. The predicted octanol–water partition coefficient (Wildman–Crippen LogP) is 3.13. The molecule has 18 heavy (non-hydrogen) atoms. The van der Waals surface area contributed by atoms with Crippen molar-refractivity contribution in [3.05, 3.63) is 75.3 Å². The number of carbonyl (C=O) groups is 1. The molecule has 0 fully saturated rings. The Morgan fingerprint density at radius 2 is 1.72 bits per heavy atom. The molecule has 2 aromatic rings. The molecule has 0 aromatic heterocycles. The average Bonchev–Trinajstić information content (AvgIpc) is 2.38. The SMILES string of the molecule is Cc1cc(C(=O)c2ccccc2)cc([N+](=O)[O-])c1. The van der Waals surface area contributed by atoms with E-state index in [0.29, 0.717) is 16.7 Å². The first-order valence-corrected chi connectivity index (χ1v) is 5.44. The highest BCUT2D eigenvalue weighted by molar-refractivity contribution is 6.09. The Bertz CT molecular complexity index is 606. The Morgan fingerprint density at radius 3 is 2.33 bits per heavy atom. The predicted molar refractivity (Wildman–Crippen MR) is 67.7 cm³/mol. The van der Waals surface area contributed by atoms with Gasteiger partial charge in [0.2, 0.25) is 0 Å². The lowest BCUT2D eigenvalue weighted by molar-refractivity contribution is -0.384. The van der Waals surface area contributed by atoms with Crippen LogP contribution in [0.3, 0.4) is 0 Å². The topological polar surface area (TPSA) is 60.2 Å². The number of benzene rings is 2. The van der Waals surface area contributed by atoms with Crippen molar-refractivity contribution in [2.75, 3.05) is 0 Å². The molecule has 0 unspecified atom stereocenters. The van der Waals surface area contributed by atoms with E-state index in [2.05, 4.69) is 0 Å². The molecule has 0 atom stereocenters. The molecule has 0 saturated heterocycles. The van der Waals surface area contributed by atoms with Crippen LogP contribution in [0.4, 0.5) is 5.69 Å². The van der Waals surface area contributed by atoms with Crippen LogP contribution in [-0.4, -0.2) is 10.7 Å². The minimum Gasteiger partial charge on any atom is -0.289 e. The normalized spacial score (nSPS) is 10.1. The van der Waals surface area contributed by atoms with Crippen molar-refractivity contribution in [3.8, 4) is 0 Å². The van der Waals surface area contributed by atoms with Gasteiger partial charge in [-0.25, -0.2) is 0 Å². The zero-order valence-corrected chi connectivity index (χ0v) is 9.79. The number of nitro groups is 1. The molecule has 0 aliphatic heterocycles. The summed E-state index contributed by atoms with van der Waals surface area (Å²) in [6.07, 6.45) is 0. The summed E-state index contributed by atoms with van der Waals surface area (Å²) in [5.41, 5.74) is 1.50. The van der Waals surface area contributed by atoms with Crippen molar-refractivity contribution in [1.29, 1.82) is 0 Å². The summed E-state index contributed by atoms with van der Waals surface area (Å²) in [6.45, 7) is 1.73. The van der Waals surface area contributed by atoms with E-state index in [1.165, 1.54) is 12.1 Å². The molecule has 0 saturated carbocycles. The molecule has 0 amide bonds. The number of non-ortho nitro benzene ring substituents is 1. The van der Waals surface area contributed by atoms with Crippen LogP contribution in [0.15, 0.2) is 48.5 Å². The van der Waals surface area contributed by atoms with Gasteiger partial charge >= 0.3 is 0 Å². The van der Waals surface area contributed by atoms with E-state index in [1.807, 2.05) is 6.07 Å². The Kier molecular flexibility index (Phi) is 3.19. The molecule has 4 nitrogen and oxygen atoms in total. The summed E-state index contributed by atoms with van der Waals surface area (Å²) >= 11 is 0. The zero-order chi connectivity index (χ0) is 13.1. The van der Waals surface area contributed by atoms with E-state index in [4.69, 9.17) is 0 Å². The molecule has 0 bridgehead atoms. The molecule has 0 radical (unpaired) electrons. The van der Waals surface area contributed by atoms with Crippen molar-refractivity contribution < 1.29 is 9.72 Å². The summed E-state index contributed by atoms with van der Waals surface area (Å²) in [7, 11) is 0. The monoisotopic (exact) mass is 241 g/mol. The third-order valence-electron chi connectivity index (χ3n) is 2.57. The molecule has 0 N–H and O–H groups in total. The van der Waals surface area contributed by atoms with Crippen molar-refractivity contribution in [1.82, 2.24) is 0 Å². The number of carbonyl (C=O) groups excluding carboxylic acids is 1. The number of nitrogens with zero attached hydrogens (tertiary/aromatic N) is 1. The van der Waals surface area contributed by atoms with E-state index in [0.717, 1.165) is 0 Å². The number of aryl methyl sites for hydroxylation is 1. The van der Waals surface area contributed by atoms with Gasteiger partial charge in [0.1, 0.15) is 0 Å².